The molecule has 3 nitrogen and oxygen atoms in total. The van der Waals surface area contributed by atoms with Crippen molar-refractivity contribution in [2.75, 3.05) is 13.7 Å². The van der Waals surface area contributed by atoms with Gasteiger partial charge >= 0.3 is 0 Å². The van der Waals surface area contributed by atoms with Gasteiger partial charge in [-0.25, -0.2) is 0 Å². The first-order valence-electron chi connectivity index (χ1n) is 5.94. The van der Waals surface area contributed by atoms with E-state index in [2.05, 4.69) is 0 Å². The zero-order valence-electron chi connectivity index (χ0n) is 10.9. The van der Waals surface area contributed by atoms with Gasteiger partial charge in [-0.15, -0.1) is 0 Å². The van der Waals surface area contributed by atoms with Crippen molar-refractivity contribution in [1.82, 2.24) is 0 Å². The van der Waals surface area contributed by atoms with Gasteiger partial charge in [0.2, 0.25) is 0 Å². The molecule has 1 aromatic carbocycles. The molecule has 0 heterocycles. The number of ketones is 1. The summed E-state index contributed by atoms with van der Waals surface area (Å²) in [5, 5.41) is 0. The molecule has 94 valence electrons. The second kappa shape index (κ2) is 6.40. The number of rotatable bonds is 6. The molecule has 0 spiro atoms. The molecule has 0 saturated carbocycles. The molecule has 0 aromatic heterocycles. The van der Waals surface area contributed by atoms with Crippen LogP contribution in [-0.4, -0.2) is 25.6 Å². The monoisotopic (exact) mass is 236 g/mol. The first kappa shape index (κ1) is 13.7. The predicted molar refractivity (Wildman–Crippen MR) is 67.8 cm³/mol. The van der Waals surface area contributed by atoms with Crippen LogP contribution in [0.25, 0.3) is 0 Å². The van der Waals surface area contributed by atoms with Crippen LogP contribution >= 0.6 is 0 Å². The summed E-state index contributed by atoms with van der Waals surface area (Å²) in [7, 11) is 1.62. The predicted octanol–water partition coefficient (Wildman–Crippen LogP) is 3.00. The zero-order valence-corrected chi connectivity index (χ0v) is 10.9. The third-order valence-electron chi connectivity index (χ3n) is 2.73. The van der Waals surface area contributed by atoms with E-state index in [-0.39, 0.29) is 11.9 Å². The van der Waals surface area contributed by atoms with E-state index >= 15 is 0 Å². The van der Waals surface area contributed by atoms with Crippen LogP contribution in [0, 0.1) is 6.92 Å². The van der Waals surface area contributed by atoms with E-state index in [1.165, 1.54) is 0 Å². The van der Waals surface area contributed by atoms with Crippen LogP contribution in [0.5, 0.6) is 5.75 Å². The lowest BCUT2D eigenvalue weighted by Crippen LogP contribution is -2.24. The third kappa shape index (κ3) is 3.30. The quantitative estimate of drug-likeness (QED) is 0.712. The van der Waals surface area contributed by atoms with E-state index in [0.29, 0.717) is 18.6 Å². The van der Waals surface area contributed by atoms with Crippen LogP contribution in [0.2, 0.25) is 0 Å². The van der Waals surface area contributed by atoms with E-state index in [9.17, 15) is 4.79 Å². The van der Waals surface area contributed by atoms with Crippen molar-refractivity contribution >= 4 is 5.78 Å². The van der Waals surface area contributed by atoms with Crippen molar-refractivity contribution in [2.24, 2.45) is 0 Å². The highest BCUT2D eigenvalue weighted by Crippen LogP contribution is 2.19. The van der Waals surface area contributed by atoms with Crippen molar-refractivity contribution in [3.05, 3.63) is 29.3 Å². The summed E-state index contributed by atoms with van der Waals surface area (Å²) in [6, 6.07) is 5.48. The lowest BCUT2D eigenvalue weighted by atomic mass is 9.99. The summed E-state index contributed by atoms with van der Waals surface area (Å²) >= 11 is 0. The Bertz CT molecular complexity index is 385. The molecule has 17 heavy (non-hydrogen) atoms. The average molecular weight is 236 g/mol. The van der Waals surface area contributed by atoms with Gasteiger partial charge in [0, 0.05) is 12.2 Å². The van der Waals surface area contributed by atoms with E-state index < -0.39 is 0 Å². The molecule has 1 rings (SSSR count). The number of benzene rings is 1. The van der Waals surface area contributed by atoms with Crippen LogP contribution in [0.15, 0.2) is 18.2 Å². The molecule has 0 radical (unpaired) electrons. The number of carbonyl (C=O) groups is 1. The highest BCUT2D eigenvalue weighted by molar-refractivity contribution is 6.00. The van der Waals surface area contributed by atoms with E-state index in [1.807, 2.05) is 26.8 Å². The van der Waals surface area contributed by atoms with E-state index in [4.69, 9.17) is 9.47 Å². The highest BCUT2D eigenvalue weighted by Gasteiger charge is 2.20. The number of Topliss-reactive ketones (excluding diaryl/α,β-unsaturated/α-hetero) is 1. The fourth-order valence-electron chi connectivity index (χ4n) is 1.79. The SMILES string of the molecule is CCOC(CC)C(=O)c1ccc(OC)cc1C. The Morgan fingerprint density at radius 1 is 1.35 bits per heavy atom. The number of aryl methyl sites for hydroxylation is 1. The second-order valence-corrected chi connectivity index (χ2v) is 3.90. The number of ether oxygens (including phenoxy) is 2. The molecule has 0 N–H and O–H groups in total. The molecule has 1 aromatic rings. The molecule has 1 unspecified atom stereocenters. The minimum atomic E-state index is -0.341. The summed E-state index contributed by atoms with van der Waals surface area (Å²) in [6.07, 6.45) is 0.352. The van der Waals surface area contributed by atoms with E-state index in [1.54, 1.807) is 19.2 Å². The Kier molecular flexibility index (Phi) is 5.16. The third-order valence-corrected chi connectivity index (χ3v) is 2.73. The lowest BCUT2D eigenvalue weighted by Gasteiger charge is -2.15. The van der Waals surface area contributed by atoms with Gasteiger partial charge < -0.3 is 9.47 Å². The van der Waals surface area contributed by atoms with Gasteiger partial charge in [-0.2, -0.15) is 0 Å². The van der Waals surface area contributed by atoms with Gasteiger partial charge in [0.25, 0.3) is 0 Å². The van der Waals surface area contributed by atoms with Gasteiger partial charge in [0.15, 0.2) is 5.78 Å². The first-order chi connectivity index (χ1) is 8.13. The molecule has 0 saturated heterocycles. The second-order valence-electron chi connectivity index (χ2n) is 3.90. The molecule has 3 heteroatoms. The number of carbonyl (C=O) groups excluding carboxylic acids is 1. The normalized spacial score (nSPS) is 12.2. The van der Waals surface area contributed by atoms with Gasteiger partial charge in [-0.1, -0.05) is 6.92 Å². The van der Waals surface area contributed by atoms with Crippen molar-refractivity contribution in [1.29, 1.82) is 0 Å². The van der Waals surface area contributed by atoms with Crippen molar-refractivity contribution in [3.63, 3.8) is 0 Å². The van der Waals surface area contributed by atoms with Crippen LogP contribution < -0.4 is 4.74 Å². The minimum Gasteiger partial charge on any atom is -0.497 e. The molecule has 0 fully saturated rings. The maximum absolute atomic E-state index is 12.2. The lowest BCUT2D eigenvalue weighted by molar-refractivity contribution is 0.0443. The van der Waals surface area contributed by atoms with Crippen LogP contribution in [0.4, 0.5) is 0 Å². The highest BCUT2D eigenvalue weighted by atomic mass is 16.5. The Labute approximate surface area is 103 Å². The molecule has 0 aliphatic rings. The minimum absolute atomic E-state index is 0.0505. The maximum atomic E-state index is 12.2. The molecule has 0 amide bonds. The summed E-state index contributed by atoms with van der Waals surface area (Å²) in [5.74, 6) is 0.818. The Hall–Kier alpha value is -1.35. The number of methoxy groups -OCH3 is 1. The molecular weight excluding hydrogens is 216 g/mol. The van der Waals surface area contributed by atoms with Gasteiger partial charge in [-0.3, -0.25) is 4.79 Å². The van der Waals surface area contributed by atoms with E-state index in [0.717, 1.165) is 11.3 Å². The number of hydrogen-bond acceptors (Lipinski definition) is 3. The molecular formula is C14H20O3. The molecule has 0 bridgehead atoms. The number of hydrogen-bond donors (Lipinski definition) is 0. The Balaban J connectivity index is 2.95. The summed E-state index contributed by atoms with van der Waals surface area (Å²) in [4.78, 5) is 12.2. The summed E-state index contributed by atoms with van der Waals surface area (Å²) in [5.41, 5.74) is 1.64. The van der Waals surface area contributed by atoms with Crippen molar-refractivity contribution in [3.8, 4) is 5.75 Å². The van der Waals surface area contributed by atoms with Crippen LogP contribution in [0.3, 0.4) is 0 Å². The van der Waals surface area contributed by atoms with Crippen molar-refractivity contribution in [2.45, 2.75) is 33.3 Å². The van der Waals surface area contributed by atoms with Gasteiger partial charge in [0.05, 0.1) is 7.11 Å². The molecule has 0 aliphatic carbocycles. The first-order valence-corrected chi connectivity index (χ1v) is 5.94. The fraction of sp³-hybridized carbons (Fsp3) is 0.500. The average Bonchev–Trinajstić information content (AvgIpc) is 2.35. The van der Waals surface area contributed by atoms with Crippen molar-refractivity contribution < 1.29 is 14.3 Å². The van der Waals surface area contributed by atoms with Gasteiger partial charge in [-0.05, 0) is 44.0 Å². The van der Waals surface area contributed by atoms with Crippen LogP contribution in [0.1, 0.15) is 36.2 Å². The maximum Gasteiger partial charge on any atom is 0.191 e. The summed E-state index contributed by atoms with van der Waals surface area (Å²) < 4.78 is 10.6. The Morgan fingerprint density at radius 3 is 2.53 bits per heavy atom. The fourth-order valence-corrected chi connectivity index (χ4v) is 1.79. The topological polar surface area (TPSA) is 35.5 Å². The zero-order chi connectivity index (χ0) is 12.8. The Morgan fingerprint density at radius 2 is 2.06 bits per heavy atom. The molecule has 1 atom stereocenters. The molecule has 0 aliphatic heterocycles. The largest absolute Gasteiger partial charge is 0.497 e. The van der Waals surface area contributed by atoms with Gasteiger partial charge in [0.1, 0.15) is 11.9 Å². The standard InChI is InChI=1S/C14H20O3/c1-5-13(17-6-2)14(15)12-8-7-11(16-4)9-10(12)3/h7-9,13H,5-6H2,1-4H3. The van der Waals surface area contributed by atoms with Crippen LogP contribution in [-0.2, 0) is 4.74 Å². The smallest absolute Gasteiger partial charge is 0.191 e. The summed E-state index contributed by atoms with van der Waals surface area (Å²) in [6.45, 7) is 6.32.